The summed E-state index contributed by atoms with van der Waals surface area (Å²) in [6.45, 7) is 1.89. The zero-order valence-corrected chi connectivity index (χ0v) is 4.71. The molecule has 1 fully saturated rings. The molecule has 0 radical (unpaired) electrons. The molecule has 0 spiro atoms. The zero-order chi connectivity index (χ0) is 5.33. The summed E-state index contributed by atoms with van der Waals surface area (Å²) in [5.41, 5.74) is 0.0972. The summed E-state index contributed by atoms with van der Waals surface area (Å²) < 4.78 is 11.8. The van der Waals surface area contributed by atoms with Crippen LogP contribution in [0.4, 0.5) is 4.39 Å². The lowest BCUT2D eigenvalue weighted by Gasteiger charge is -2.35. The van der Waals surface area contributed by atoms with E-state index in [1.54, 1.807) is 0 Å². The van der Waals surface area contributed by atoms with Crippen molar-refractivity contribution in [1.82, 2.24) is 0 Å². The molecular formula is C6H11F. The minimum Gasteiger partial charge on any atom is -0.251 e. The van der Waals surface area contributed by atoms with Gasteiger partial charge in [-0.3, -0.25) is 4.39 Å². The second-order valence-corrected chi connectivity index (χ2v) is 2.80. The van der Waals surface area contributed by atoms with Gasteiger partial charge < -0.3 is 0 Å². The van der Waals surface area contributed by atoms with Crippen molar-refractivity contribution < 1.29 is 4.39 Å². The lowest BCUT2D eigenvalue weighted by molar-refractivity contribution is 0.115. The molecule has 1 aliphatic carbocycles. The van der Waals surface area contributed by atoms with Gasteiger partial charge in [0.25, 0.3) is 0 Å². The largest absolute Gasteiger partial charge is 0.251 e. The summed E-state index contributed by atoms with van der Waals surface area (Å²) in [7, 11) is 0. The maximum Gasteiger partial charge on any atom is 0.0947 e. The monoisotopic (exact) mass is 102 g/mol. The normalized spacial score (nSPS) is 26.6. The third-order valence-electron chi connectivity index (χ3n) is 1.88. The van der Waals surface area contributed by atoms with E-state index >= 15 is 0 Å². The van der Waals surface area contributed by atoms with Crippen LogP contribution in [0.2, 0.25) is 0 Å². The van der Waals surface area contributed by atoms with Crippen molar-refractivity contribution in [2.75, 3.05) is 6.67 Å². The third-order valence-corrected chi connectivity index (χ3v) is 1.88. The van der Waals surface area contributed by atoms with Gasteiger partial charge in [0.05, 0.1) is 6.67 Å². The molecule has 0 N–H and O–H groups in total. The van der Waals surface area contributed by atoms with E-state index in [1.165, 1.54) is 6.42 Å². The molecule has 7 heavy (non-hydrogen) atoms. The van der Waals surface area contributed by atoms with Crippen LogP contribution in [0.1, 0.15) is 26.2 Å². The first kappa shape index (κ1) is 5.07. The Labute approximate surface area is 43.7 Å². The molecule has 0 aliphatic heterocycles. The molecule has 0 heterocycles. The van der Waals surface area contributed by atoms with Gasteiger partial charge in [0.15, 0.2) is 0 Å². The van der Waals surface area contributed by atoms with Crippen LogP contribution in [0, 0.1) is 5.41 Å². The topological polar surface area (TPSA) is 0 Å². The molecule has 1 rings (SSSR count). The summed E-state index contributed by atoms with van der Waals surface area (Å²) in [6, 6.07) is 0. The highest BCUT2D eigenvalue weighted by atomic mass is 19.1. The van der Waals surface area contributed by atoms with Crippen LogP contribution in [0.25, 0.3) is 0 Å². The Morgan fingerprint density at radius 2 is 2.14 bits per heavy atom. The molecule has 1 saturated carbocycles. The summed E-state index contributed by atoms with van der Waals surface area (Å²) in [4.78, 5) is 0. The molecule has 0 nitrogen and oxygen atoms in total. The van der Waals surface area contributed by atoms with Gasteiger partial charge in [-0.1, -0.05) is 13.3 Å². The van der Waals surface area contributed by atoms with Crippen molar-refractivity contribution in [3.63, 3.8) is 0 Å². The van der Waals surface area contributed by atoms with Crippen molar-refractivity contribution in [2.45, 2.75) is 26.2 Å². The van der Waals surface area contributed by atoms with E-state index < -0.39 is 0 Å². The zero-order valence-electron chi connectivity index (χ0n) is 4.71. The third kappa shape index (κ3) is 0.767. The van der Waals surface area contributed by atoms with Crippen LogP contribution < -0.4 is 0 Å². The minimum atomic E-state index is -0.118. The second kappa shape index (κ2) is 1.46. The molecule has 1 heteroatoms. The van der Waals surface area contributed by atoms with E-state index in [0.29, 0.717) is 0 Å². The van der Waals surface area contributed by atoms with Crippen LogP contribution in [0.3, 0.4) is 0 Å². The number of alkyl halides is 1. The van der Waals surface area contributed by atoms with Crippen molar-refractivity contribution in [3.05, 3.63) is 0 Å². The van der Waals surface area contributed by atoms with E-state index in [-0.39, 0.29) is 12.1 Å². The van der Waals surface area contributed by atoms with Gasteiger partial charge in [-0.25, -0.2) is 0 Å². The number of halogens is 1. The maximum absolute atomic E-state index is 11.8. The average molecular weight is 102 g/mol. The predicted octanol–water partition coefficient (Wildman–Crippen LogP) is 2.15. The smallest absolute Gasteiger partial charge is 0.0947 e. The fraction of sp³-hybridized carbons (Fsp3) is 1.00. The summed E-state index contributed by atoms with van der Waals surface area (Å²) in [5.74, 6) is 0. The van der Waals surface area contributed by atoms with Gasteiger partial charge in [0.1, 0.15) is 0 Å². The first-order chi connectivity index (χ1) is 3.27. The molecule has 0 unspecified atom stereocenters. The second-order valence-electron chi connectivity index (χ2n) is 2.80. The van der Waals surface area contributed by atoms with E-state index in [0.717, 1.165) is 12.8 Å². The molecular weight excluding hydrogens is 91.1 g/mol. The Morgan fingerprint density at radius 3 is 2.14 bits per heavy atom. The van der Waals surface area contributed by atoms with Gasteiger partial charge in [0, 0.05) is 0 Å². The summed E-state index contributed by atoms with van der Waals surface area (Å²) in [6.07, 6.45) is 3.44. The van der Waals surface area contributed by atoms with Crippen LogP contribution in [0.15, 0.2) is 0 Å². The SMILES string of the molecule is CC1(CF)CCC1. The van der Waals surface area contributed by atoms with Crippen LogP contribution in [-0.2, 0) is 0 Å². The highest BCUT2D eigenvalue weighted by molar-refractivity contribution is 4.81. The van der Waals surface area contributed by atoms with Gasteiger partial charge >= 0.3 is 0 Å². The molecule has 0 aromatic heterocycles. The van der Waals surface area contributed by atoms with E-state index in [9.17, 15) is 4.39 Å². The van der Waals surface area contributed by atoms with Gasteiger partial charge in [0.2, 0.25) is 0 Å². The Kier molecular flexibility index (Phi) is 1.06. The van der Waals surface area contributed by atoms with E-state index in [4.69, 9.17) is 0 Å². The van der Waals surface area contributed by atoms with Crippen LogP contribution in [0.5, 0.6) is 0 Å². The standard InChI is InChI=1S/C6H11F/c1-6(5-7)3-2-4-6/h2-5H2,1H3. The lowest BCUT2D eigenvalue weighted by Crippen LogP contribution is -2.27. The Balaban J connectivity index is 2.29. The molecule has 1 aliphatic rings. The lowest BCUT2D eigenvalue weighted by atomic mass is 9.72. The quantitative estimate of drug-likeness (QED) is 0.476. The first-order valence-electron chi connectivity index (χ1n) is 2.83. The maximum atomic E-state index is 11.8. The molecule has 0 amide bonds. The molecule has 42 valence electrons. The van der Waals surface area contributed by atoms with Crippen LogP contribution >= 0.6 is 0 Å². The van der Waals surface area contributed by atoms with E-state index in [1.807, 2.05) is 6.92 Å². The van der Waals surface area contributed by atoms with Gasteiger partial charge in [-0.05, 0) is 18.3 Å². The molecule has 0 atom stereocenters. The molecule has 0 saturated heterocycles. The Hall–Kier alpha value is -0.0700. The first-order valence-corrected chi connectivity index (χ1v) is 2.83. The highest BCUT2D eigenvalue weighted by Gasteiger charge is 2.31. The Morgan fingerprint density at radius 1 is 1.57 bits per heavy atom. The number of hydrogen-bond acceptors (Lipinski definition) is 0. The van der Waals surface area contributed by atoms with Crippen LogP contribution in [-0.4, -0.2) is 6.67 Å². The predicted molar refractivity (Wildman–Crippen MR) is 27.9 cm³/mol. The molecule has 0 aromatic carbocycles. The van der Waals surface area contributed by atoms with Gasteiger partial charge in [-0.2, -0.15) is 0 Å². The molecule has 0 bridgehead atoms. The fourth-order valence-electron chi connectivity index (χ4n) is 0.914. The summed E-state index contributed by atoms with van der Waals surface area (Å²) in [5, 5.41) is 0. The van der Waals surface area contributed by atoms with Crippen molar-refractivity contribution in [2.24, 2.45) is 5.41 Å². The number of rotatable bonds is 1. The summed E-state index contributed by atoms with van der Waals surface area (Å²) >= 11 is 0. The van der Waals surface area contributed by atoms with E-state index in [2.05, 4.69) is 0 Å². The fourth-order valence-corrected chi connectivity index (χ4v) is 0.914. The average Bonchev–Trinajstić information content (AvgIpc) is 1.61. The van der Waals surface area contributed by atoms with Gasteiger partial charge in [-0.15, -0.1) is 0 Å². The van der Waals surface area contributed by atoms with Crippen molar-refractivity contribution in [3.8, 4) is 0 Å². The minimum absolute atomic E-state index is 0.0972. The highest BCUT2D eigenvalue weighted by Crippen LogP contribution is 2.40. The van der Waals surface area contributed by atoms with Crippen molar-refractivity contribution >= 4 is 0 Å². The number of hydrogen-bond donors (Lipinski definition) is 0. The molecule has 0 aromatic rings. The van der Waals surface area contributed by atoms with Crippen molar-refractivity contribution in [1.29, 1.82) is 0 Å². The Bertz CT molecular complexity index is 59.1.